The number of nitrogens with one attached hydrogen (secondary N) is 1. The molecule has 1 heterocycles. The molecule has 0 aliphatic carbocycles. The van der Waals surface area contributed by atoms with E-state index in [2.05, 4.69) is 54.4 Å². The zero-order valence-corrected chi connectivity index (χ0v) is 9.87. The van der Waals surface area contributed by atoms with Gasteiger partial charge in [0.05, 0.1) is 0 Å². The molecule has 0 bridgehead atoms. The number of hydrogen-bond donors (Lipinski definition) is 1. The van der Waals surface area contributed by atoms with Crippen LogP contribution in [0.15, 0.2) is 36.4 Å². The lowest BCUT2D eigenvalue weighted by Crippen LogP contribution is -1.72. The zero-order valence-electron chi connectivity index (χ0n) is 9.87. The molecule has 1 N–H and O–H groups in total. The van der Waals surface area contributed by atoms with Crippen molar-refractivity contribution in [1.82, 2.24) is 4.98 Å². The SMILES string of the molecule is CCCCCC=Cc1cc2ccccc2[nH]1. The van der Waals surface area contributed by atoms with Gasteiger partial charge in [-0.2, -0.15) is 0 Å². The van der Waals surface area contributed by atoms with Crippen LogP contribution in [0.2, 0.25) is 0 Å². The fraction of sp³-hybridized carbons (Fsp3) is 0.333. The molecule has 1 heteroatoms. The van der Waals surface area contributed by atoms with Crippen molar-refractivity contribution in [2.24, 2.45) is 0 Å². The second-order valence-electron chi connectivity index (χ2n) is 4.21. The lowest BCUT2D eigenvalue weighted by atomic mass is 10.2. The molecule has 1 aromatic carbocycles. The van der Waals surface area contributed by atoms with Crippen LogP contribution in [-0.2, 0) is 0 Å². The largest absolute Gasteiger partial charge is 0.355 e. The maximum absolute atomic E-state index is 3.40. The first-order chi connectivity index (χ1) is 7.90. The number of allylic oxidation sites excluding steroid dienone is 1. The molecular formula is C15H19N. The Morgan fingerprint density at radius 2 is 2.06 bits per heavy atom. The van der Waals surface area contributed by atoms with Crippen LogP contribution in [0.1, 0.15) is 38.3 Å². The Bertz CT molecular complexity index is 432. The van der Waals surface area contributed by atoms with E-state index in [1.54, 1.807) is 0 Å². The van der Waals surface area contributed by atoms with Gasteiger partial charge in [0, 0.05) is 11.2 Å². The maximum atomic E-state index is 3.40. The molecule has 16 heavy (non-hydrogen) atoms. The fourth-order valence-corrected chi connectivity index (χ4v) is 1.91. The lowest BCUT2D eigenvalue weighted by molar-refractivity contribution is 0.730. The number of aromatic nitrogens is 1. The van der Waals surface area contributed by atoms with Gasteiger partial charge in [-0.05, 0) is 36.4 Å². The van der Waals surface area contributed by atoms with Crippen molar-refractivity contribution in [3.8, 4) is 0 Å². The van der Waals surface area contributed by atoms with E-state index in [0.29, 0.717) is 0 Å². The van der Waals surface area contributed by atoms with Crippen molar-refractivity contribution >= 4 is 17.0 Å². The summed E-state index contributed by atoms with van der Waals surface area (Å²) in [5.41, 5.74) is 2.42. The van der Waals surface area contributed by atoms with Crippen LogP contribution in [0.25, 0.3) is 17.0 Å². The van der Waals surface area contributed by atoms with E-state index in [1.165, 1.54) is 42.3 Å². The summed E-state index contributed by atoms with van der Waals surface area (Å²) < 4.78 is 0. The fourth-order valence-electron chi connectivity index (χ4n) is 1.91. The summed E-state index contributed by atoms with van der Waals surface area (Å²) in [5.74, 6) is 0. The summed E-state index contributed by atoms with van der Waals surface area (Å²) in [6.45, 7) is 2.24. The third kappa shape index (κ3) is 2.75. The molecule has 0 amide bonds. The number of aromatic amines is 1. The summed E-state index contributed by atoms with van der Waals surface area (Å²) in [6.07, 6.45) is 9.56. The number of H-pyrrole nitrogens is 1. The van der Waals surface area contributed by atoms with E-state index in [1.807, 2.05) is 0 Å². The van der Waals surface area contributed by atoms with Crippen LogP contribution < -0.4 is 0 Å². The molecule has 1 aromatic heterocycles. The first-order valence-corrected chi connectivity index (χ1v) is 6.14. The molecule has 0 spiro atoms. The van der Waals surface area contributed by atoms with Crippen molar-refractivity contribution in [3.05, 3.63) is 42.1 Å². The van der Waals surface area contributed by atoms with E-state index in [-0.39, 0.29) is 0 Å². The quantitative estimate of drug-likeness (QED) is 0.689. The molecule has 0 unspecified atom stereocenters. The van der Waals surface area contributed by atoms with E-state index >= 15 is 0 Å². The molecule has 0 atom stereocenters. The average molecular weight is 213 g/mol. The smallest absolute Gasteiger partial charge is 0.0458 e. The molecule has 1 nitrogen and oxygen atoms in total. The van der Waals surface area contributed by atoms with Gasteiger partial charge in [0.1, 0.15) is 0 Å². The third-order valence-electron chi connectivity index (χ3n) is 2.82. The molecule has 0 saturated carbocycles. The topological polar surface area (TPSA) is 15.8 Å². The molecule has 2 aromatic rings. The first-order valence-electron chi connectivity index (χ1n) is 6.14. The van der Waals surface area contributed by atoms with Gasteiger partial charge < -0.3 is 4.98 Å². The molecule has 84 valence electrons. The van der Waals surface area contributed by atoms with Gasteiger partial charge in [0.15, 0.2) is 0 Å². The van der Waals surface area contributed by atoms with E-state index in [4.69, 9.17) is 0 Å². The van der Waals surface area contributed by atoms with Crippen LogP contribution in [0.4, 0.5) is 0 Å². The van der Waals surface area contributed by atoms with Crippen LogP contribution in [0.3, 0.4) is 0 Å². The highest BCUT2D eigenvalue weighted by atomic mass is 14.7. The number of hydrogen-bond acceptors (Lipinski definition) is 0. The van der Waals surface area contributed by atoms with Crippen molar-refractivity contribution in [2.75, 3.05) is 0 Å². The molecular weight excluding hydrogens is 194 g/mol. The normalized spacial score (nSPS) is 11.6. The predicted octanol–water partition coefficient (Wildman–Crippen LogP) is 4.76. The Kier molecular flexibility index (Phi) is 3.81. The van der Waals surface area contributed by atoms with E-state index in [9.17, 15) is 0 Å². The zero-order chi connectivity index (χ0) is 11.2. The molecule has 0 fully saturated rings. The number of para-hydroxylation sites is 1. The Morgan fingerprint density at radius 1 is 1.19 bits per heavy atom. The number of rotatable bonds is 5. The van der Waals surface area contributed by atoms with E-state index in [0.717, 1.165) is 0 Å². The molecule has 0 aliphatic heterocycles. The second-order valence-corrected chi connectivity index (χ2v) is 4.21. The first kappa shape index (κ1) is 11.0. The van der Waals surface area contributed by atoms with Crippen molar-refractivity contribution in [3.63, 3.8) is 0 Å². The van der Waals surface area contributed by atoms with Gasteiger partial charge in [0.2, 0.25) is 0 Å². The van der Waals surface area contributed by atoms with Crippen molar-refractivity contribution in [1.29, 1.82) is 0 Å². The molecule has 2 rings (SSSR count). The van der Waals surface area contributed by atoms with Crippen molar-refractivity contribution in [2.45, 2.75) is 32.6 Å². The maximum Gasteiger partial charge on any atom is 0.0458 e. The second kappa shape index (κ2) is 5.55. The highest BCUT2D eigenvalue weighted by Crippen LogP contribution is 2.15. The Hall–Kier alpha value is -1.50. The van der Waals surface area contributed by atoms with Crippen molar-refractivity contribution < 1.29 is 0 Å². The van der Waals surface area contributed by atoms with Crippen LogP contribution in [0.5, 0.6) is 0 Å². The number of benzene rings is 1. The van der Waals surface area contributed by atoms with Gasteiger partial charge in [0.25, 0.3) is 0 Å². The summed E-state index contributed by atoms with van der Waals surface area (Å²) in [6, 6.07) is 10.6. The number of fused-ring (bicyclic) bond motifs is 1. The molecule has 0 aliphatic rings. The summed E-state index contributed by atoms with van der Waals surface area (Å²) >= 11 is 0. The van der Waals surface area contributed by atoms with Gasteiger partial charge in [-0.25, -0.2) is 0 Å². The average Bonchev–Trinajstić information content (AvgIpc) is 2.71. The van der Waals surface area contributed by atoms with Crippen LogP contribution in [-0.4, -0.2) is 4.98 Å². The van der Waals surface area contributed by atoms with Crippen LogP contribution >= 0.6 is 0 Å². The number of unbranched alkanes of at least 4 members (excludes halogenated alkanes) is 3. The van der Waals surface area contributed by atoms with Gasteiger partial charge in [-0.3, -0.25) is 0 Å². The lowest BCUT2D eigenvalue weighted by Gasteiger charge is -1.91. The highest BCUT2D eigenvalue weighted by Gasteiger charge is 1.95. The monoisotopic (exact) mass is 213 g/mol. The summed E-state index contributed by atoms with van der Waals surface area (Å²) in [4.78, 5) is 3.40. The third-order valence-corrected chi connectivity index (χ3v) is 2.82. The van der Waals surface area contributed by atoms with Gasteiger partial charge in [-0.1, -0.05) is 44.0 Å². The summed E-state index contributed by atoms with van der Waals surface area (Å²) in [7, 11) is 0. The van der Waals surface area contributed by atoms with Gasteiger partial charge >= 0.3 is 0 Å². The van der Waals surface area contributed by atoms with Crippen LogP contribution in [0, 0.1) is 0 Å². The summed E-state index contributed by atoms with van der Waals surface area (Å²) in [5, 5.41) is 1.29. The Morgan fingerprint density at radius 3 is 2.88 bits per heavy atom. The molecule has 0 radical (unpaired) electrons. The standard InChI is InChI=1S/C15H19N/c1-2-3-4-5-6-10-14-12-13-9-7-8-11-15(13)16-14/h6-12,16H,2-5H2,1H3. The highest BCUT2D eigenvalue weighted by molar-refractivity contribution is 5.82. The minimum atomic E-state index is 1.18. The predicted molar refractivity (Wildman–Crippen MR) is 71.5 cm³/mol. The Labute approximate surface area is 97.2 Å². The minimum absolute atomic E-state index is 1.18. The Balaban J connectivity index is 1.98. The van der Waals surface area contributed by atoms with E-state index < -0.39 is 0 Å². The minimum Gasteiger partial charge on any atom is -0.355 e. The van der Waals surface area contributed by atoms with Gasteiger partial charge in [-0.15, -0.1) is 0 Å². The molecule has 0 saturated heterocycles.